The summed E-state index contributed by atoms with van der Waals surface area (Å²) in [6.07, 6.45) is 2.39. The van der Waals surface area contributed by atoms with Crippen molar-refractivity contribution in [2.24, 2.45) is 5.92 Å². The third-order valence-corrected chi connectivity index (χ3v) is 3.82. The lowest BCUT2D eigenvalue weighted by Gasteiger charge is -2.32. The van der Waals surface area contributed by atoms with Crippen LogP contribution in [-0.4, -0.2) is 42.3 Å². The number of anilines is 1. The number of nitrogens with zero attached hydrogens (tertiary/aromatic N) is 3. The number of hydrogen-bond donors (Lipinski definition) is 1. The van der Waals surface area contributed by atoms with Gasteiger partial charge >= 0.3 is 0 Å². The minimum atomic E-state index is 0.567. The van der Waals surface area contributed by atoms with Crippen LogP contribution in [0.2, 0.25) is 0 Å². The average molecular weight is 292 g/mol. The maximum Gasteiger partial charge on any atom is 0.228 e. The van der Waals surface area contributed by atoms with Crippen molar-refractivity contribution in [2.45, 2.75) is 46.6 Å². The van der Waals surface area contributed by atoms with E-state index in [2.05, 4.69) is 34.0 Å². The number of rotatable bonds is 6. The first-order valence-corrected chi connectivity index (χ1v) is 8.05. The first-order valence-electron chi connectivity index (χ1n) is 8.05. The van der Waals surface area contributed by atoms with Crippen molar-refractivity contribution in [3.8, 4) is 5.88 Å². The van der Waals surface area contributed by atoms with Crippen LogP contribution in [0.1, 0.15) is 39.3 Å². The molecule has 1 N–H and O–H groups in total. The zero-order chi connectivity index (χ0) is 15.2. The monoisotopic (exact) mass is 292 g/mol. The van der Waals surface area contributed by atoms with Gasteiger partial charge in [-0.05, 0) is 39.2 Å². The molecule has 1 aromatic rings. The first-order chi connectivity index (χ1) is 10.1. The lowest BCUT2D eigenvalue weighted by molar-refractivity contribution is 0.324. The second-order valence-corrected chi connectivity index (χ2v) is 6.07. The van der Waals surface area contributed by atoms with Crippen molar-refractivity contribution in [3.63, 3.8) is 0 Å². The Kier molecular flexibility index (Phi) is 5.79. The molecule has 1 aliphatic heterocycles. The molecule has 0 atom stereocenters. The molecule has 0 spiro atoms. The second kappa shape index (κ2) is 7.59. The Morgan fingerprint density at radius 1 is 1.33 bits per heavy atom. The van der Waals surface area contributed by atoms with Gasteiger partial charge in [0.1, 0.15) is 0 Å². The largest absolute Gasteiger partial charge is 0.478 e. The van der Waals surface area contributed by atoms with Crippen molar-refractivity contribution in [2.75, 3.05) is 31.1 Å². The van der Waals surface area contributed by atoms with Gasteiger partial charge in [-0.15, -0.1) is 0 Å². The summed E-state index contributed by atoms with van der Waals surface area (Å²) >= 11 is 0. The number of aryl methyl sites for hydroxylation is 1. The fourth-order valence-electron chi connectivity index (χ4n) is 2.63. The van der Waals surface area contributed by atoms with E-state index in [1.54, 1.807) is 0 Å². The number of piperidine rings is 1. The molecule has 0 radical (unpaired) electrons. The van der Waals surface area contributed by atoms with Gasteiger partial charge in [-0.2, -0.15) is 4.98 Å². The summed E-state index contributed by atoms with van der Waals surface area (Å²) in [7, 11) is 0. The van der Waals surface area contributed by atoms with E-state index in [0.29, 0.717) is 18.5 Å². The summed E-state index contributed by atoms with van der Waals surface area (Å²) < 4.78 is 5.52. The van der Waals surface area contributed by atoms with Gasteiger partial charge < -0.3 is 15.0 Å². The molecular weight excluding hydrogens is 264 g/mol. The van der Waals surface area contributed by atoms with Gasteiger partial charge in [0.15, 0.2) is 0 Å². The van der Waals surface area contributed by atoms with E-state index in [1.165, 1.54) is 12.8 Å². The molecule has 0 saturated carbocycles. The Morgan fingerprint density at radius 3 is 2.67 bits per heavy atom. The van der Waals surface area contributed by atoms with Crippen LogP contribution in [0.25, 0.3) is 0 Å². The van der Waals surface area contributed by atoms with Gasteiger partial charge in [0, 0.05) is 30.9 Å². The number of nitrogens with one attached hydrogen (secondary N) is 1. The molecule has 0 aromatic carbocycles. The normalized spacial score (nSPS) is 16.5. The Hall–Kier alpha value is -1.36. The number of hydrogen-bond acceptors (Lipinski definition) is 5. The van der Waals surface area contributed by atoms with Crippen LogP contribution in [0.4, 0.5) is 5.95 Å². The third-order valence-electron chi connectivity index (χ3n) is 3.82. The summed E-state index contributed by atoms with van der Waals surface area (Å²) in [5.74, 6) is 2.26. The molecule has 0 amide bonds. The zero-order valence-corrected chi connectivity index (χ0v) is 13.7. The molecule has 1 aromatic heterocycles. The van der Waals surface area contributed by atoms with Crippen molar-refractivity contribution in [1.29, 1.82) is 0 Å². The van der Waals surface area contributed by atoms with Gasteiger partial charge in [0.05, 0.1) is 6.61 Å². The molecule has 5 nitrogen and oxygen atoms in total. The van der Waals surface area contributed by atoms with Crippen molar-refractivity contribution < 1.29 is 4.74 Å². The van der Waals surface area contributed by atoms with Crippen LogP contribution >= 0.6 is 0 Å². The minimum Gasteiger partial charge on any atom is -0.478 e. The highest BCUT2D eigenvalue weighted by atomic mass is 16.5. The predicted octanol–water partition coefficient (Wildman–Crippen LogP) is 2.40. The Balaban J connectivity index is 1.92. The van der Waals surface area contributed by atoms with Crippen LogP contribution in [-0.2, 0) is 0 Å². The topological polar surface area (TPSA) is 50.3 Å². The Bertz CT molecular complexity index is 442. The Labute approximate surface area is 128 Å². The van der Waals surface area contributed by atoms with E-state index in [0.717, 1.165) is 37.2 Å². The zero-order valence-electron chi connectivity index (χ0n) is 13.7. The quantitative estimate of drug-likeness (QED) is 0.872. The maximum atomic E-state index is 5.52. The summed E-state index contributed by atoms with van der Waals surface area (Å²) in [6, 6.07) is 2.46. The minimum absolute atomic E-state index is 0.567. The fraction of sp³-hybridized carbons (Fsp3) is 0.750. The molecule has 0 bridgehead atoms. The first kappa shape index (κ1) is 16.0. The second-order valence-electron chi connectivity index (χ2n) is 6.07. The standard InChI is InChI=1S/C16H28N4O/c1-5-21-15-10-13(4)18-16(19-15)20-8-6-14(7-9-20)11-17-12(2)3/h10,12,14,17H,5-9,11H2,1-4H3. The molecule has 5 heteroatoms. The number of ether oxygens (including phenoxy) is 1. The molecule has 21 heavy (non-hydrogen) atoms. The molecule has 118 valence electrons. The molecule has 1 saturated heterocycles. The SMILES string of the molecule is CCOc1cc(C)nc(N2CCC(CNC(C)C)CC2)n1. The number of aromatic nitrogens is 2. The summed E-state index contributed by atoms with van der Waals surface area (Å²) in [5.41, 5.74) is 0.965. The van der Waals surface area contributed by atoms with Crippen LogP contribution in [0.5, 0.6) is 5.88 Å². The highest BCUT2D eigenvalue weighted by molar-refractivity contribution is 5.34. The highest BCUT2D eigenvalue weighted by Crippen LogP contribution is 2.22. The smallest absolute Gasteiger partial charge is 0.228 e. The van der Waals surface area contributed by atoms with E-state index in [9.17, 15) is 0 Å². The van der Waals surface area contributed by atoms with Crippen LogP contribution in [0, 0.1) is 12.8 Å². The van der Waals surface area contributed by atoms with Gasteiger partial charge in [-0.1, -0.05) is 13.8 Å². The lowest BCUT2D eigenvalue weighted by Crippen LogP contribution is -2.39. The van der Waals surface area contributed by atoms with Crippen molar-refractivity contribution in [1.82, 2.24) is 15.3 Å². The van der Waals surface area contributed by atoms with E-state index in [-0.39, 0.29) is 0 Å². The van der Waals surface area contributed by atoms with Gasteiger partial charge in [-0.25, -0.2) is 4.98 Å². The van der Waals surface area contributed by atoms with Crippen molar-refractivity contribution in [3.05, 3.63) is 11.8 Å². The van der Waals surface area contributed by atoms with Crippen LogP contribution in [0.3, 0.4) is 0 Å². The van der Waals surface area contributed by atoms with Gasteiger partial charge in [-0.3, -0.25) is 0 Å². The third kappa shape index (κ3) is 4.84. The van der Waals surface area contributed by atoms with Gasteiger partial charge in [0.25, 0.3) is 0 Å². The molecule has 2 rings (SSSR count). The van der Waals surface area contributed by atoms with E-state index >= 15 is 0 Å². The van der Waals surface area contributed by atoms with Crippen molar-refractivity contribution >= 4 is 5.95 Å². The Morgan fingerprint density at radius 2 is 2.05 bits per heavy atom. The molecule has 2 heterocycles. The summed E-state index contributed by atoms with van der Waals surface area (Å²) in [6.45, 7) is 12.2. The highest BCUT2D eigenvalue weighted by Gasteiger charge is 2.21. The molecule has 1 aliphatic rings. The van der Waals surface area contributed by atoms with E-state index < -0.39 is 0 Å². The fourth-order valence-corrected chi connectivity index (χ4v) is 2.63. The molecule has 1 fully saturated rings. The summed E-state index contributed by atoms with van der Waals surface area (Å²) in [5, 5.41) is 3.53. The van der Waals surface area contributed by atoms with E-state index in [1.807, 2.05) is 19.9 Å². The maximum absolute atomic E-state index is 5.52. The van der Waals surface area contributed by atoms with Crippen LogP contribution < -0.4 is 15.0 Å². The molecular formula is C16H28N4O. The van der Waals surface area contributed by atoms with Crippen LogP contribution in [0.15, 0.2) is 6.07 Å². The average Bonchev–Trinajstić information content (AvgIpc) is 2.45. The molecule has 0 aliphatic carbocycles. The molecule has 0 unspecified atom stereocenters. The van der Waals surface area contributed by atoms with E-state index in [4.69, 9.17) is 4.74 Å². The summed E-state index contributed by atoms with van der Waals surface area (Å²) in [4.78, 5) is 11.4. The predicted molar refractivity (Wildman–Crippen MR) is 86.0 cm³/mol. The van der Waals surface area contributed by atoms with Gasteiger partial charge in [0.2, 0.25) is 11.8 Å². The lowest BCUT2D eigenvalue weighted by atomic mass is 9.97.